The zero-order chi connectivity index (χ0) is 12.1. The molecule has 0 saturated carbocycles. The Morgan fingerprint density at radius 1 is 1.44 bits per heavy atom. The van der Waals surface area contributed by atoms with Crippen LogP contribution in [0.15, 0.2) is 22.7 Å². The molecule has 0 aliphatic heterocycles. The van der Waals surface area contributed by atoms with Gasteiger partial charge in [-0.25, -0.2) is 9.59 Å². The van der Waals surface area contributed by atoms with E-state index in [0.29, 0.717) is 10.2 Å². The van der Waals surface area contributed by atoms with Crippen LogP contribution >= 0.6 is 15.9 Å². The first-order valence-electron chi connectivity index (χ1n) is 4.33. The quantitative estimate of drug-likeness (QED) is 0.671. The van der Waals surface area contributed by atoms with Crippen LogP contribution in [0.1, 0.15) is 10.4 Å². The fourth-order valence-corrected chi connectivity index (χ4v) is 1.37. The lowest BCUT2D eigenvalue weighted by molar-refractivity contribution is -0.144. The number of nitrogen functional groups attached to an aromatic ring is 1. The van der Waals surface area contributed by atoms with Gasteiger partial charge in [-0.05, 0) is 34.1 Å². The van der Waals surface area contributed by atoms with Gasteiger partial charge >= 0.3 is 11.9 Å². The van der Waals surface area contributed by atoms with Gasteiger partial charge in [0, 0.05) is 10.2 Å². The maximum Gasteiger partial charge on any atom is 0.344 e. The van der Waals surface area contributed by atoms with E-state index < -0.39 is 18.5 Å². The fraction of sp³-hybridized carbons (Fsp3) is 0.200. The van der Waals surface area contributed by atoms with Gasteiger partial charge in [0.05, 0.1) is 12.7 Å². The topological polar surface area (TPSA) is 78.6 Å². The van der Waals surface area contributed by atoms with Crippen molar-refractivity contribution in [2.45, 2.75) is 0 Å². The van der Waals surface area contributed by atoms with Crippen LogP contribution < -0.4 is 5.73 Å². The Hall–Kier alpha value is -1.56. The normalized spacial score (nSPS) is 9.62. The third-order valence-electron chi connectivity index (χ3n) is 1.76. The highest BCUT2D eigenvalue weighted by molar-refractivity contribution is 9.10. The summed E-state index contributed by atoms with van der Waals surface area (Å²) in [4.78, 5) is 22.3. The SMILES string of the molecule is COC(=O)COC(=O)c1cc(N)ccc1Br. The van der Waals surface area contributed by atoms with E-state index in [4.69, 9.17) is 10.5 Å². The highest BCUT2D eigenvalue weighted by Gasteiger charge is 2.13. The molecule has 5 nitrogen and oxygen atoms in total. The monoisotopic (exact) mass is 287 g/mol. The fourth-order valence-electron chi connectivity index (χ4n) is 0.960. The Kier molecular flexibility index (Phi) is 4.30. The van der Waals surface area contributed by atoms with Crippen molar-refractivity contribution >= 4 is 33.6 Å². The van der Waals surface area contributed by atoms with Crippen molar-refractivity contribution in [3.8, 4) is 0 Å². The molecule has 0 aromatic heterocycles. The summed E-state index contributed by atoms with van der Waals surface area (Å²) < 4.78 is 9.61. The summed E-state index contributed by atoms with van der Waals surface area (Å²) in [6.07, 6.45) is 0. The second-order valence-electron chi connectivity index (χ2n) is 2.89. The lowest BCUT2D eigenvalue weighted by atomic mass is 10.2. The number of halogens is 1. The van der Waals surface area contributed by atoms with Gasteiger partial charge in [-0.15, -0.1) is 0 Å². The predicted octanol–water partition coefficient (Wildman–Crippen LogP) is 1.36. The summed E-state index contributed by atoms with van der Waals surface area (Å²) in [6.45, 7) is -0.420. The van der Waals surface area contributed by atoms with E-state index in [9.17, 15) is 9.59 Å². The number of carbonyl (C=O) groups excluding carboxylic acids is 2. The van der Waals surface area contributed by atoms with Gasteiger partial charge in [-0.1, -0.05) is 0 Å². The van der Waals surface area contributed by atoms with Gasteiger partial charge in [0.2, 0.25) is 0 Å². The van der Waals surface area contributed by atoms with E-state index in [1.54, 1.807) is 12.1 Å². The van der Waals surface area contributed by atoms with E-state index >= 15 is 0 Å². The van der Waals surface area contributed by atoms with Crippen LogP contribution in [0.25, 0.3) is 0 Å². The van der Waals surface area contributed by atoms with Crippen LogP contribution in [-0.4, -0.2) is 25.7 Å². The predicted molar refractivity (Wildman–Crippen MR) is 60.9 cm³/mol. The van der Waals surface area contributed by atoms with Crippen molar-refractivity contribution < 1.29 is 19.1 Å². The molecule has 0 atom stereocenters. The van der Waals surface area contributed by atoms with E-state index in [1.807, 2.05) is 0 Å². The number of hydrogen-bond donors (Lipinski definition) is 1. The highest BCUT2D eigenvalue weighted by Crippen LogP contribution is 2.20. The molecule has 0 fully saturated rings. The minimum Gasteiger partial charge on any atom is -0.466 e. The summed E-state index contributed by atoms with van der Waals surface area (Å²) in [6, 6.07) is 4.73. The van der Waals surface area contributed by atoms with Crippen molar-refractivity contribution in [2.24, 2.45) is 0 Å². The molecule has 6 heteroatoms. The van der Waals surface area contributed by atoms with Gasteiger partial charge in [0.15, 0.2) is 6.61 Å². The van der Waals surface area contributed by atoms with Crippen LogP contribution in [0.5, 0.6) is 0 Å². The summed E-state index contributed by atoms with van der Waals surface area (Å²) in [5.41, 5.74) is 6.23. The highest BCUT2D eigenvalue weighted by atomic mass is 79.9. The molecule has 0 aliphatic carbocycles. The molecule has 16 heavy (non-hydrogen) atoms. The third-order valence-corrected chi connectivity index (χ3v) is 2.45. The van der Waals surface area contributed by atoms with Gasteiger partial charge in [0.1, 0.15) is 0 Å². The summed E-state index contributed by atoms with van der Waals surface area (Å²) in [5, 5.41) is 0. The second-order valence-corrected chi connectivity index (χ2v) is 3.75. The molecule has 0 amide bonds. The minimum atomic E-state index is -0.635. The first kappa shape index (κ1) is 12.5. The first-order valence-corrected chi connectivity index (χ1v) is 5.13. The smallest absolute Gasteiger partial charge is 0.344 e. The number of esters is 2. The van der Waals surface area contributed by atoms with Crippen molar-refractivity contribution in [2.75, 3.05) is 19.5 Å². The van der Waals surface area contributed by atoms with Crippen LogP contribution in [0.4, 0.5) is 5.69 Å². The number of ether oxygens (including phenoxy) is 2. The van der Waals surface area contributed by atoms with Crippen LogP contribution in [0.2, 0.25) is 0 Å². The molecule has 1 aromatic rings. The Morgan fingerprint density at radius 3 is 2.75 bits per heavy atom. The van der Waals surface area contributed by atoms with Crippen molar-refractivity contribution in [3.63, 3.8) is 0 Å². The van der Waals surface area contributed by atoms with Crippen LogP contribution in [-0.2, 0) is 14.3 Å². The van der Waals surface area contributed by atoms with Crippen LogP contribution in [0.3, 0.4) is 0 Å². The molecule has 0 unspecified atom stereocenters. The molecule has 2 N–H and O–H groups in total. The average Bonchev–Trinajstić information content (AvgIpc) is 2.28. The molecule has 0 heterocycles. The number of anilines is 1. The molecule has 1 aromatic carbocycles. The van der Waals surface area contributed by atoms with Crippen molar-refractivity contribution in [1.82, 2.24) is 0 Å². The number of benzene rings is 1. The van der Waals surface area contributed by atoms with E-state index in [1.165, 1.54) is 13.2 Å². The van der Waals surface area contributed by atoms with Crippen molar-refractivity contribution in [3.05, 3.63) is 28.2 Å². The lowest BCUT2D eigenvalue weighted by Crippen LogP contribution is -2.15. The number of carbonyl (C=O) groups is 2. The Balaban J connectivity index is 2.73. The minimum absolute atomic E-state index is 0.268. The maximum absolute atomic E-state index is 11.5. The number of nitrogens with two attached hydrogens (primary N) is 1. The number of rotatable bonds is 3. The molecule has 0 saturated heterocycles. The first-order chi connectivity index (χ1) is 7.54. The summed E-state index contributed by atoms with van der Waals surface area (Å²) in [5.74, 6) is -1.25. The second kappa shape index (κ2) is 5.50. The van der Waals surface area contributed by atoms with E-state index in [0.717, 1.165) is 0 Å². The van der Waals surface area contributed by atoms with Gasteiger partial charge in [-0.2, -0.15) is 0 Å². The number of hydrogen-bond acceptors (Lipinski definition) is 5. The van der Waals surface area contributed by atoms with Gasteiger partial charge < -0.3 is 15.2 Å². The van der Waals surface area contributed by atoms with Gasteiger partial charge in [0.25, 0.3) is 0 Å². The van der Waals surface area contributed by atoms with Gasteiger partial charge in [-0.3, -0.25) is 0 Å². The molecular formula is C10H10BrNO4. The molecular weight excluding hydrogens is 278 g/mol. The largest absolute Gasteiger partial charge is 0.466 e. The Morgan fingerprint density at radius 2 is 2.12 bits per heavy atom. The van der Waals surface area contributed by atoms with Crippen molar-refractivity contribution in [1.29, 1.82) is 0 Å². The molecule has 0 radical (unpaired) electrons. The number of methoxy groups -OCH3 is 1. The molecule has 1 rings (SSSR count). The zero-order valence-corrected chi connectivity index (χ0v) is 10.1. The maximum atomic E-state index is 11.5. The van der Waals surface area contributed by atoms with E-state index in [2.05, 4.69) is 20.7 Å². The summed E-state index contributed by atoms with van der Waals surface area (Å²) >= 11 is 3.18. The zero-order valence-electron chi connectivity index (χ0n) is 8.53. The third kappa shape index (κ3) is 3.23. The lowest BCUT2D eigenvalue weighted by Gasteiger charge is -2.05. The Labute approximate surface area is 101 Å². The Bertz CT molecular complexity index is 419. The van der Waals surface area contributed by atoms with Crippen LogP contribution in [0, 0.1) is 0 Å². The van der Waals surface area contributed by atoms with E-state index in [-0.39, 0.29) is 5.56 Å². The molecule has 86 valence electrons. The standard InChI is InChI=1S/C10H10BrNO4/c1-15-9(13)5-16-10(14)7-4-6(12)2-3-8(7)11/h2-4H,5,12H2,1H3. The molecule has 0 bridgehead atoms. The average molecular weight is 288 g/mol. The molecule has 0 spiro atoms. The molecule has 0 aliphatic rings. The summed E-state index contributed by atoms with van der Waals surface area (Å²) in [7, 11) is 1.21.